The molecule has 6 nitrogen and oxygen atoms in total. The van der Waals surface area contributed by atoms with E-state index in [1.165, 1.54) is 57.2 Å². The normalized spacial score (nSPS) is 13.5. The number of carbonyl (C=O) groups is 2. The van der Waals surface area contributed by atoms with Crippen molar-refractivity contribution in [3.8, 4) is 11.3 Å². The second kappa shape index (κ2) is 13.5. The van der Waals surface area contributed by atoms with Crippen LogP contribution in [0.25, 0.3) is 11.3 Å². The Morgan fingerprint density at radius 2 is 1.62 bits per heavy atom. The molecule has 1 saturated carbocycles. The third-order valence-electron chi connectivity index (χ3n) is 8.04. The molecule has 0 bridgehead atoms. The van der Waals surface area contributed by atoms with E-state index < -0.39 is 29.4 Å². The molecule has 1 aromatic heterocycles. The Hall–Kier alpha value is -4.73. The van der Waals surface area contributed by atoms with E-state index in [0.29, 0.717) is 23.0 Å². The van der Waals surface area contributed by atoms with E-state index in [4.69, 9.17) is 9.72 Å². The standard InChI is InChI=1S/C35H33F4N3O3/c1-21-10-13-26(20-30(21)35(37,38)39)42-33(43)29-19-17-25(16-18-27-28(34(44)45-2)8-5-9-31(27)36)41-32(29)22-11-14-24(15-12-22)40-23-6-3-4-7-23/h5,8-15,17,19-20,23,40H,3-4,6-7,16,18H2,1-2H3,(H,42,43). The summed E-state index contributed by atoms with van der Waals surface area (Å²) >= 11 is 0. The van der Waals surface area contributed by atoms with Crippen LogP contribution < -0.4 is 10.6 Å². The quantitative estimate of drug-likeness (QED) is 0.145. The number of amides is 1. The number of pyridine rings is 1. The summed E-state index contributed by atoms with van der Waals surface area (Å²) in [6, 6.07) is 18.9. The number of hydrogen-bond acceptors (Lipinski definition) is 5. The molecule has 10 heteroatoms. The van der Waals surface area contributed by atoms with Crippen LogP contribution in [0.3, 0.4) is 0 Å². The number of alkyl halides is 3. The first-order valence-corrected chi connectivity index (χ1v) is 14.8. The number of aromatic nitrogens is 1. The lowest BCUT2D eigenvalue weighted by atomic mass is 9.99. The number of nitrogens with zero attached hydrogens (tertiary/aromatic N) is 1. The molecule has 1 fully saturated rings. The van der Waals surface area contributed by atoms with Gasteiger partial charge in [0.25, 0.3) is 5.91 Å². The highest BCUT2D eigenvalue weighted by Crippen LogP contribution is 2.34. The Bertz CT molecular complexity index is 1700. The van der Waals surface area contributed by atoms with Gasteiger partial charge < -0.3 is 15.4 Å². The average molecular weight is 620 g/mol. The smallest absolute Gasteiger partial charge is 0.416 e. The number of nitrogens with one attached hydrogen (secondary N) is 2. The van der Waals surface area contributed by atoms with Crippen LogP contribution in [-0.2, 0) is 23.8 Å². The molecule has 2 N–H and O–H groups in total. The van der Waals surface area contributed by atoms with E-state index in [1.54, 1.807) is 12.1 Å². The molecule has 1 aliphatic carbocycles. The minimum atomic E-state index is -4.57. The molecule has 0 atom stereocenters. The van der Waals surface area contributed by atoms with Crippen LogP contribution in [0.4, 0.5) is 28.9 Å². The lowest BCUT2D eigenvalue weighted by Gasteiger charge is -2.16. The Balaban J connectivity index is 1.46. The van der Waals surface area contributed by atoms with Crippen LogP contribution in [0.2, 0.25) is 0 Å². The van der Waals surface area contributed by atoms with E-state index in [2.05, 4.69) is 10.6 Å². The first-order chi connectivity index (χ1) is 21.5. The molecule has 4 aromatic rings. The Labute approximate surface area is 258 Å². The number of rotatable bonds is 9. The molecule has 3 aromatic carbocycles. The van der Waals surface area contributed by atoms with Gasteiger partial charge in [-0.3, -0.25) is 9.78 Å². The molecule has 0 unspecified atom stereocenters. The van der Waals surface area contributed by atoms with Gasteiger partial charge in [0.1, 0.15) is 5.82 Å². The third kappa shape index (κ3) is 7.50. The van der Waals surface area contributed by atoms with Crippen LogP contribution in [-0.4, -0.2) is 30.0 Å². The first kappa shape index (κ1) is 31.7. The minimum Gasteiger partial charge on any atom is -0.465 e. The van der Waals surface area contributed by atoms with Gasteiger partial charge in [-0.25, -0.2) is 9.18 Å². The van der Waals surface area contributed by atoms with Crippen LogP contribution in [0.5, 0.6) is 0 Å². The SMILES string of the molecule is COC(=O)c1cccc(F)c1CCc1ccc(C(=O)Nc2ccc(C)c(C(F)(F)F)c2)c(-c2ccc(NC3CCCC3)cc2)n1. The number of benzene rings is 3. The molecular formula is C35H33F4N3O3. The van der Waals surface area contributed by atoms with Crippen molar-refractivity contribution in [3.63, 3.8) is 0 Å². The number of aryl methyl sites for hydroxylation is 2. The molecule has 5 rings (SSSR count). The summed E-state index contributed by atoms with van der Waals surface area (Å²) in [4.78, 5) is 30.5. The summed E-state index contributed by atoms with van der Waals surface area (Å²) in [6.45, 7) is 1.36. The van der Waals surface area contributed by atoms with Gasteiger partial charge in [0.2, 0.25) is 0 Å². The van der Waals surface area contributed by atoms with Crippen molar-refractivity contribution in [1.29, 1.82) is 0 Å². The maximum atomic E-state index is 14.7. The van der Waals surface area contributed by atoms with Gasteiger partial charge >= 0.3 is 12.1 Å². The number of halogens is 4. The van der Waals surface area contributed by atoms with Gasteiger partial charge in [-0.15, -0.1) is 0 Å². The molecule has 0 spiro atoms. The zero-order valence-electron chi connectivity index (χ0n) is 24.9. The molecule has 1 aliphatic rings. The maximum Gasteiger partial charge on any atom is 0.416 e. The highest BCUT2D eigenvalue weighted by atomic mass is 19.4. The molecule has 1 amide bonds. The molecule has 0 aliphatic heterocycles. The van der Waals surface area contributed by atoms with Gasteiger partial charge in [0.05, 0.1) is 29.5 Å². The van der Waals surface area contributed by atoms with E-state index in [-0.39, 0.29) is 40.8 Å². The fourth-order valence-corrected chi connectivity index (χ4v) is 5.64. The fourth-order valence-electron chi connectivity index (χ4n) is 5.64. The number of hydrogen-bond donors (Lipinski definition) is 2. The Morgan fingerprint density at radius 1 is 0.911 bits per heavy atom. The van der Waals surface area contributed by atoms with Crippen molar-refractivity contribution in [2.75, 3.05) is 17.7 Å². The summed E-state index contributed by atoms with van der Waals surface area (Å²) in [5, 5.41) is 6.11. The van der Waals surface area contributed by atoms with E-state index in [0.717, 1.165) is 24.6 Å². The summed E-state index contributed by atoms with van der Waals surface area (Å²) in [6.07, 6.45) is 0.389. The number of ether oxygens (including phenoxy) is 1. The van der Waals surface area contributed by atoms with Gasteiger partial charge in [-0.1, -0.05) is 37.1 Å². The van der Waals surface area contributed by atoms with Crippen molar-refractivity contribution in [3.05, 3.63) is 112 Å². The van der Waals surface area contributed by atoms with Crippen molar-refractivity contribution in [2.24, 2.45) is 0 Å². The zero-order valence-corrected chi connectivity index (χ0v) is 24.9. The molecule has 234 valence electrons. The minimum absolute atomic E-state index is 0.000967. The number of esters is 1. The molecule has 45 heavy (non-hydrogen) atoms. The van der Waals surface area contributed by atoms with Crippen molar-refractivity contribution >= 4 is 23.3 Å². The summed E-state index contributed by atoms with van der Waals surface area (Å²) in [7, 11) is 1.23. The lowest BCUT2D eigenvalue weighted by molar-refractivity contribution is -0.138. The van der Waals surface area contributed by atoms with Crippen LogP contribution in [0, 0.1) is 12.7 Å². The Morgan fingerprint density at radius 3 is 2.31 bits per heavy atom. The fraction of sp³-hybridized carbons (Fsp3) is 0.286. The molecule has 1 heterocycles. The number of carbonyl (C=O) groups excluding carboxylic acids is 2. The summed E-state index contributed by atoms with van der Waals surface area (Å²) < 4.78 is 60.1. The second-order valence-electron chi connectivity index (χ2n) is 11.1. The highest BCUT2D eigenvalue weighted by Gasteiger charge is 2.32. The third-order valence-corrected chi connectivity index (χ3v) is 8.04. The van der Waals surface area contributed by atoms with E-state index in [1.807, 2.05) is 24.3 Å². The van der Waals surface area contributed by atoms with Gasteiger partial charge in [-0.2, -0.15) is 13.2 Å². The predicted molar refractivity (Wildman–Crippen MR) is 165 cm³/mol. The van der Waals surface area contributed by atoms with E-state index in [9.17, 15) is 27.2 Å². The average Bonchev–Trinajstić information content (AvgIpc) is 3.53. The zero-order chi connectivity index (χ0) is 32.1. The Kier molecular flexibility index (Phi) is 9.51. The van der Waals surface area contributed by atoms with Gasteiger partial charge in [-0.05, 0) is 86.7 Å². The first-order valence-electron chi connectivity index (χ1n) is 14.8. The number of methoxy groups -OCH3 is 1. The highest BCUT2D eigenvalue weighted by molar-refractivity contribution is 6.08. The number of anilines is 2. The summed E-state index contributed by atoms with van der Waals surface area (Å²) in [5.74, 6) is -1.83. The van der Waals surface area contributed by atoms with Crippen molar-refractivity contribution < 1.29 is 31.9 Å². The molecule has 0 radical (unpaired) electrons. The van der Waals surface area contributed by atoms with Crippen LogP contribution >= 0.6 is 0 Å². The van der Waals surface area contributed by atoms with Crippen LogP contribution in [0.1, 0.15) is 68.8 Å². The topological polar surface area (TPSA) is 80.3 Å². The molecule has 0 saturated heterocycles. The van der Waals surface area contributed by atoms with Gasteiger partial charge in [0.15, 0.2) is 0 Å². The van der Waals surface area contributed by atoms with Crippen LogP contribution in [0.15, 0.2) is 72.8 Å². The second-order valence-corrected chi connectivity index (χ2v) is 11.1. The summed E-state index contributed by atoms with van der Waals surface area (Å²) in [5.41, 5.74) is 2.09. The lowest BCUT2D eigenvalue weighted by Crippen LogP contribution is -2.16. The van der Waals surface area contributed by atoms with E-state index >= 15 is 0 Å². The van der Waals surface area contributed by atoms with Gasteiger partial charge in [0, 0.05) is 34.2 Å². The van der Waals surface area contributed by atoms with Crippen molar-refractivity contribution in [1.82, 2.24) is 4.98 Å². The molecular weight excluding hydrogens is 586 g/mol. The predicted octanol–water partition coefficient (Wildman–Crippen LogP) is 8.39. The maximum absolute atomic E-state index is 14.7. The largest absolute Gasteiger partial charge is 0.465 e. The van der Waals surface area contributed by atoms with Crippen molar-refractivity contribution in [2.45, 2.75) is 57.7 Å². The monoisotopic (exact) mass is 619 g/mol.